The summed E-state index contributed by atoms with van der Waals surface area (Å²) in [5, 5.41) is 4.15. The van der Waals surface area contributed by atoms with Crippen molar-refractivity contribution in [1.82, 2.24) is 9.78 Å². The second kappa shape index (κ2) is 4.21. The lowest BCUT2D eigenvalue weighted by atomic mass is 10.1. The van der Waals surface area contributed by atoms with Crippen LogP contribution in [-0.4, -0.2) is 9.78 Å². The molecule has 0 aliphatic heterocycles. The summed E-state index contributed by atoms with van der Waals surface area (Å²) in [5.41, 5.74) is 0.884. The number of aryl methyl sites for hydroxylation is 2. The fraction of sp³-hybridized carbons (Fsp3) is 0.600. The zero-order valence-electron chi connectivity index (χ0n) is 8.45. The highest BCUT2D eigenvalue weighted by Gasteiger charge is 1.99. The summed E-state index contributed by atoms with van der Waals surface area (Å²) >= 11 is 0. The van der Waals surface area contributed by atoms with Crippen molar-refractivity contribution in [3.63, 3.8) is 0 Å². The smallest absolute Gasteiger partial charge is 0.266 e. The van der Waals surface area contributed by atoms with Gasteiger partial charge in [0, 0.05) is 12.6 Å². The Balaban J connectivity index is 2.76. The summed E-state index contributed by atoms with van der Waals surface area (Å²) < 4.78 is 1.54. The lowest BCUT2D eigenvalue weighted by molar-refractivity contribution is 0.468. The molecule has 0 aliphatic carbocycles. The molecule has 3 nitrogen and oxygen atoms in total. The predicted molar refractivity (Wildman–Crippen MR) is 52.7 cm³/mol. The molecule has 0 amide bonds. The van der Waals surface area contributed by atoms with Gasteiger partial charge in [-0.05, 0) is 25.3 Å². The molecule has 3 heteroatoms. The highest BCUT2D eigenvalue weighted by atomic mass is 16.1. The first-order chi connectivity index (χ1) is 6.09. The minimum absolute atomic E-state index is 0.00810. The fourth-order valence-corrected chi connectivity index (χ4v) is 1.09. The van der Waals surface area contributed by atoms with Crippen molar-refractivity contribution in [2.75, 3.05) is 0 Å². The second-order valence-corrected chi connectivity index (χ2v) is 3.72. The van der Waals surface area contributed by atoms with Gasteiger partial charge in [-0.15, -0.1) is 0 Å². The molecule has 0 saturated carbocycles. The number of hydrogen-bond donors (Lipinski definition) is 0. The predicted octanol–water partition coefficient (Wildman–Crippen LogP) is 1.60. The summed E-state index contributed by atoms with van der Waals surface area (Å²) in [6.07, 6.45) is 0.996. The van der Waals surface area contributed by atoms with Gasteiger partial charge in [-0.2, -0.15) is 5.10 Å². The Bertz CT molecular complexity index is 328. The van der Waals surface area contributed by atoms with Gasteiger partial charge in [0.1, 0.15) is 0 Å². The zero-order valence-corrected chi connectivity index (χ0v) is 8.45. The van der Waals surface area contributed by atoms with Crippen molar-refractivity contribution in [2.45, 2.75) is 33.7 Å². The van der Waals surface area contributed by atoms with E-state index in [0.717, 1.165) is 18.7 Å². The first-order valence-corrected chi connectivity index (χ1v) is 4.64. The minimum Gasteiger partial charge on any atom is -0.268 e. The Morgan fingerprint density at radius 2 is 2.15 bits per heavy atom. The molecule has 0 aliphatic rings. The van der Waals surface area contributed by atoms with Crippen molar-refractivity contribution >= 4 is 0 Å². The molecule has 1 aromatic rings. The van der Waals surface area contributed by atoms with E-state index in [9.17, 15) is 4.79 Å². The van der Waals surface area contributed by atoms with Crippen LogP contribution in [0.2, 0.25) is 0 Å². The Morgan fingerprint density at radius 1 is 1.46 bits per heavy atom. The largest absolute Gasteiger partial charge is 0.268 e. The maximum atomic E-state index is 11.3. The maximum Gasteiger partial charge on any atom is 0.266 e. The molecular weight excluding hydrogens is 164 g/mol. The van der Waals surface area contributed by atoms with Gasteiger partial charge < -0.3 is 0 Å². The molecule has 0 radical (unpaired) electrons. The third kappa shape index (κ3) is 3.01. The zero-order chi connectivity index (χ0) is 9.84. The third-order valence-corrected chi connectivity index (χ3v) is 1.92. The number of hydrogen-bond acceptors (Lipinski definition) is 2. The highest BCUT2D eigenvalue weighted by molar-refractivity contribution is 4.96. The van der Waals surface area contributed by atoms with Crippen LogP contribution in [0.1, 0.15) is 26.0 Å². The van der Waals surface area contributed by atoms with E-state index in [2.05, 4.69) is 18.9 Å². The van der Waals surface area contributed by atoms with E-state index < -0.39 is 0 Å². The summed E-state index contributed by atoms with van der Waals surface area (Å²) in [6, 6.07) is 3.32. The molecule has 0 saturated heterocycles. The van der Waals surface area contributed by atoms with Gasteiger partial charge in [0.15, 0.2) is 0 Å². The van der Waals surface area contributed by atoms with Crippen LogP contribution in [0.3, 0.4) is 0 Å². The number of rotatable bonds is 3. The van der Waals surface area contributed by atoms with Gasteiger partial charge in [-0.25, -0.2) is 4.68 Å². The van der Waals surface area contributed by atoms with Crippen molar-refractivity contribution in [1.29, 1.82) is 0 Å². The standard InChI is InChI=1S/C10H16N2O/c1-8(2)6-7-12-10(13)5-4-9(3)11-12/h4-5,8H,6-7H2,1-3H3. The van der Waals surface area contributed by atoms with Gasteiger partial charge in [-0.3, -0.25) is 4.79 Å². The molecule has 72 valence electrons. The molecule has 1 heterocycles. The Morgan fingerprint density at radius 3 is 2.77 bits per heavy atom. The summed E-state index contributed by atoms with van der Waals surface area (Å²) in [4.78, 5) is 11.3. The van der Waals surface area contributed by atoms with E-state index in [1.807, 2.05) is 6.92 Å². The Hall–Kier alpha value is -1.12. The molecule has 0 bridgehead atoms. The van der Waals surface area contributed by atoms with Crippen LogP contribution in [-0.2, 0) is 6.54 Å². The van der Waals surface area contributed by atoms with Crippen LogP contribution in [0, 0.1) is 12.8 Å². The summed E-state index contributed by atoms with van der Waals surface area (Å²) in [7, 11) is 0. The normalized spacial score (nSPS) is 10.8. The first kappa shape index (κ1) is 9.96. The molecule has 0 N–H and O–H groups in total. The topological polar surface area (TPSA) is 34.9 Å². The van der Waals surface area contributed by atoms with Gasteiger partial charge in [-0.1, -0.05) is 13.8 Å². The van der Waals surface area contributed by atoms with E-state index in [0.29, 0.717) is 5.92 Å². The van der Waals surface area contributed by atoms with E-state index in [1.165, 1.54) is 4.68 Å². The van der Waals surface area contributed by atoms with Gasteiger partial charge in [0.2, 0.25) is 0 Å². The molecule has 1 rings (SSSR count). The second-order valence-electron chi connectivity index (χ2n) is 3.72. The van der Waals surface area contributed by atoms with Crippen molar-refractivity contribution in [2.24, 2.45) is 5.92 Å². The molecule has 0 atom stereocenters. The van der Waals surface area contributed by atoms with Gasteiger partial charge in [0.25, 0.3) is 5.56 Å². The average molecular weight is 180 g/mol. The molecule has 1 aromatic heterocycles. The highest BCUT2D eigenvalue weighted by Crippen LogP contribution is 1.99. The van der Waals surface area contributed by atoms with Crippen LogP contribution < -0.4 is 5.56 Å². The number of nitrogens with zero attached hydrogens (tertiary/aromatic N) is 2. The van der Waals surface area contributed by atoms with E-state index in [-0.39, 0.29) is 5.56 Å². The van der Waals surface area contributed by atoms with Gasteiger partial charge >= 0.3 is 0 Å². The average Bonchev–Trinajstić information content (AvgIpc) is 2.06. The van der Waals surface area contributed by atoms with Crippen molar-refractivity contribution < 1.29 is 0 Å². The maximum absolute atomic E-state index is 11.3. The van der Waals surface area contributed by atoms with E-state index in [1.54, 1.807) is 12.1 Å². The van der Waals surface area contributed by atoms with E-state index >= 15 is 0 Å². The molecule has 0 spiro atoms. The van der Waals surface area contributed by atoms with Crippen LogP contribution in [0.25, 0.3) is 0 Å². The monoisotopic (exact) mass is 180 g/mol. The van der Waals surface area contributed by atoms with Crippen LogP contribution >= 0.6 is 0 Å². The van der Waals surface area contributed by atoms with Crippen molar-refractivity contribution in [3.8, 4) is 0 Å². The lowest BCUT2D eigenvalue weighted by Gasteiger charge is -2.06. The quantitative estimate of drug-likeness (QED) is 0.708. The van der Waals surface area contributed by atoms with Crippen LogP contribution in [0.5, 0.6) is 0 Å². The minimum atomic E-state index is -0.00810. The van der Waals surface area contributed by atoms with E-state index in [4.69, 9.17) is 0 Å². The summed E-state index contributed by atoms with van der Waals surface area (Å²) in [6.45, 7) is 6.89. The molecule has 0 fully saturated rings. The fourth-order valence-electron chi connectivity index (χ4n) is 1.09. The van der Waals surface area contributed by atoms with Crippen LogP contribution in [0.4, 0.5) is 0 Å². The van der Waals surface area contributed by atoms with Crippen LogP contribution in [0.15, 0.2) is 16.9 Å². The third-order valence-electron chi connectivity index (χ3n) is 1.92. The SMILES string of the molecule is Cc1ccc(=O)n(CCC(C)C)n1. The van der Waals surface area contributed by atoms with Crippen molar-refractivity contribution in [3.05, 3.63) is 28.2 Å². The molecule has 0 aromatic carbocycles. The van der Waals surface area contributed by atoms with Gasteiger partial charge in [0.05, 0.1) is 5.69 Å². The molecule has 0 unspecified atom stereocenters. The Labute approximate surface area is 78.4 Å². The lowest BCUT2D eigenvalue weighted by Crippen LogP contribution is -2.23. The molecule has 13 heavy (non-hydrogen) atoms. The first-order valence-electron chi connectivity index (χ1n) is 4.64. The molecular formula is C10H16N2O. The number of aromatic nitrogens is 2. The summed E-state index contributed by atoms with van der Waals surface area (Å²) in [5.74, 6) is 0.606. The Kier molecular flexibility index (Phi) is 3.23.